The van der Waals surface area contributed by atoms with Crippen molar-refractivity contribution in [3.05, 3.63) is 48.0 Å². The van der Waals surface area contributed by atoms with Gasteiger partial charge in [-0.3, -0.25) is 4.90 Å². The number of aryl methyl sites for hydroxylation is 1. The Kier molecular flexibility index (Phi) is 6.66. The summed E-state index contributed by atoms with van der Waals surface area (Å²) < 4.78 is 12.4. The van der Waals surface area contributed by atoms with Gasteiger partial charge < -0.3 is 8.85 Å². The molecule has 0 radical (unpaired) electrons. The zero-order valence-corrected chi connectivity index (χ0v) is 18.3. The molecule has 1 aromatic carbocycles. The fourth-order valence-electron chi connectivity index (χ4n) is 4.34. The van der Waals surface area contributed by atoms with Crippen molar-refractivity contribution in [2.75, 3.05) is 6.54 Å². The van der Waals surface area contributed by atoms with Crippen LogP contribution in [0.2, 0.25) is 0 Å². The molecule has 0 saturated carbocycles. The molecular weight excluding hydrogens is 326 g/mol. The van der Waals surface area contributed by atoms with E-state index in [9.17, 15) is 0 Å². The van der Waals surface area contributed by atoms with Crippen molar-refractivity contribution in [2.24, 2.45) is 0 Å². The highest BCUT2D eigenvalue weighted by atomic mass is 28.3. The molecule has 4 heteroatoms. The third-order valence-electron chi connectivity index (χ3n) is 5.48. The molecule has 1 fully saturated rings. The fourth-order valence-corrected chi connectivity index (χ4v) is 5.23. The van der Waals surface area contributed by atoms with Gasteiger partial charge in [0.15, 0.2) is 0 Å². The highest BCUT2D eigenvalue weighted by molar-refractivity contribution is 6.18. The Bertz CT molecular complexity index is 567. The average Bonchev–Trinajstić information content (AvgIpc) is 2.50. The van der Waals surface area contributed by atoms with Crippen LogP contribution in [0.25, 0.3) is 0 Å². The van der Waals surface area contributed by atoms with E-state index in [1.165, 1.54) is 11.1 Å². The molecule has 1 atom stereocenters. The Balaban J connectivity index is 1.91. The van der Waals surface area contributed by atoms with Crippen LogP contribution < -0.4 is 0 Å². The third-order valence-corrected chi connectivity index (χ3v) is 6.72. The Hall–Kier alpha value is -0.943. The average molecular weight is 362 g/mol. The number of likely N-dealkylation sites (tertiary alicyclic amines) is 1. The molecule has 0 bridgehead atoms. The van der Waals surface area contributed by atoms with Gasteiger partial charge in [0, 0.05) is 17.6 Å². The molecule has 2 rings (SSSR count). The molecule has 1 saturated heterocycles. The van der Waals surface area contributed by atoms with Gasteiger partial charge in [-0.15, -0.1) is 6.58 Å². The van der Waals surface area contributed by atoms with Gasteiger partial charge in [-0.2, -0.15) is 0 Å². The zero-order valence-electron chi connectivity index (χ0n) is 16.8. The fraction of sp³-hybridized carbons (Fsp3) is 0.619. The minimum absolute atomic E-state index is 0.106. The number of hydrogen-bond acceptors (Lipinski definition) is 3. The molecular formula is C21H35NO2Si. The summed E-state index contributed by atoms with van der Waals surface area (Å²) in [6.45, 7) is 18.4. The van der Waals surface area contributed by atoms with Crippen LogP contribution in [0.3, 0.4) is 0 Å². The van der Waals surface area contributed by atoms with Crippen LogP contribution in [0, 0.1) is 6.92 Å². The maximum absolute atomic E-state index is 6.28. The number of benzene rings is 1. The van der Waals surface area contributed by atoms with E-state index < -0.39 is 10.0 Å². The maximum atomic E-state index is 6.28. The molecule has 0 aliphatic carbocycles. The van der Waals surface area contributed by atoms with E-state index in [0.29, 0.717) is 0 Å². The van der Waals surface area contributed by atoms with E-state index in [1.807, 2.05) is 6.08 Å². The van der Waals surface area contributed by atoms with Gasteiger partial charge in [-0.05, 0) is 65.5 Å². The van der Waals surface area contributed by atoms with Crippen LogP contribution in [-0.4, -0.2) is 38.6 Å². The Morgan fingerprint density at radius 3 is 2.40 bits per heavy atom. The summed E-state index contributed by atoms with van der Waals surface area (Å²) in [4.78, 5) is 2.55. The summed E-state index contributed by atoms with van der Waals surface area (Å²) in [5.74, 6) is 0. The first-order chi connectivity index (χ1) is 11.7. The lowest BCUT2D eigenvalue weighted by atomic mass is 9.78. The summed E-state index contributed by atoms with van der Waals surface area (Å²) in [6, 6.07) is 8.43. The standard InChI is InChI=1S/C21H35NO2Si/c1-8-13-22-20(4,5)14-18(15-21(22,6)7)24-25-23-17(3)19-12-10-9-11-16(19)2/h8-12,17-18H,1,13-15,25H2,2-7H3. The second-order valence-electron chi connectivity index (χ2n) is 8.50. The van der Waals surface area contributed by atoms with Crippen molar-refractivity contribution in [3.63, 3.8) is 0 Å². The molecule has 25 heavy (non-hydrogen) atoms. The molecule has 1 unspecified atom stereocenters. The van der Waals surface area contributed by atoms with Gasteiger partial charge in [-0.1, -0.05) is 30.3 Å². The molecule has 1 aliphatic rings. The topological polar surface area (TPSA) is 21.7 Å². The molecule has 140 valence electrons. The summed E-state index contributed by atoms with van der Waals surface area (Å²) >= 11 is 0. The van der Waals surface area contributed by atoms with Gasteiger partial charge in [0.05, 0.1) is 12.2 Å². The van der Waals surface area contributed by atoms with E-state index in [0.717, 1.165) is 19.4 Å². The van der Waals surface area contributed by atoms with Gasteiger partial charge in [0.25, 0.3) is 0 Å². The predicted octanol–water partition coefficient (Wildman–Crippen LogP) is 4.30. The summed E-state index contributed by atoms with van der Waals surface area (Å²) in [5.41, 5.74) is 2.76. The Morgan fingerprint density at radius 1 is 1.24 bits per heavy atom. The highest BCUT2D eigenvalue weighted by Crippen LogP contribution is 2.39. The Morgan fingerprint density at radius 2 is 1.84 bits per heavy atom. The van der Waals surface area contributed by atoms with Crippen LogP contribution >= 0.6 is 0 Å². The second-order valence-corrected chi connectivity index (χ2v) is 9.41. The normalized spacial score (nSPS) is 22.3. The maximum Gasteiger partial charge on any atom is 0.305 e. The van der Waals surface area contributed by atoms with Crippen molar-refractivity contribution < 1.29 is 8.85 Å². The lowest BCUT2D eigenvalue weighted by Gasteiger charge is -2.55. The van der Waals surface area contributed by atoms with E-state index in [2.05, 4.69) is 77.3 Å². The predicted molar refractivity (Wildman–Crippen MR) is 108 cm³/mol. The monoisotopic (exact) mass is 361 g/mol. The molecule has 1 aliphatic heterocycles. The van der Waals surface area contributed by atoms with Crippen molar-refractivity contribution in [2.45, 2.75) is 77.7 Å². The molecule has 0 aromatic heterocycles. The van der Waals surface area contributed by atoms with Gasteiger partial charge in [0.2, 0.25) is 0 Å². The lowest BCUT2D eigenvalue weighted by molar-refractivity contribution is -0.0703. The third kappa shape index (κ3) is 5.04. The molecule has 0 N–H and O–H groups in total. The number of rotatable bonds is 7. The minimum atomic E-state index is -1.01. The summed E-state index contributed by atoms with van der Waals surface area (Å²) in [6.07, 6.45) is 4.47. The first-order valence-corrected chi connectivity index (χ1v) is 10.5. The van der Waals surface area contributed by atoms with E-state index >= 15 is 0 Å². The van der Waals surface area contributed by atoms with Crippen LogP contribution in [0.1, 0.15) is 64.7 Å². The van der Waals surface area contributed by atoms with E-state index in [4.69, 9.17) is 8.85 Å². The zero-order chi connectivity index (χ0) is 18.7. The van der Waals surface area contributed by atoms with Crippen LogP contribution in [-0.2, 0) is 8.85 Å². The smallest absolute Gasteiger partial charge is 0.305 e. The minimum Gasteiger partial charge on any atom is -0.396 e. The quantitative estimate of drug-likeness (QED) is 0.534. The van der Waals surface area contributed by atoms with Crippen LogP contribution in [0.15, 0.2) is 36.9 Å². The van der Waals surface area contributed by atoms with Gasteiger partial charge >= 0.3 is 10.0 Å². The van der Waals surface area contributed by atoms with Crippen molar-refractivity contribution in [3.8, 4) is 0 Å². The van der Waals surface area contributed by atoms with Gasteiger partial charge in [0.1, 0.15) is 0 Å². The Labute approximate surface area is 156 Å². The highest BCUT2D eigenvalue weighted by Gasteiger charge is 2.44. The number of hydrogen-bond donors (Lipinski definition) is 0. The molecule has 0 spiro atoms. The molecule has 1 heterocycles. The van der Waals surface area contributed by atoms with E-state index in [1.54, 1.807) is 0 Å². The van der Waals surface area contributed by atoms with Crippen molar-refractivity contribution >= 4 is 10.0 Å². The first-order valence-electron chi connectivity index (χ1n) is 9.35. The first kappa shape index (κ1) is 20.4. The largest absolute Gasteiger partial charge is 0.396 e. The molecule has 1 aromatic rings. The second kappa shape index (κ2) is 8.17. The molecule has 0 amide bonds. The number of nitrogens with zero attached hydrogens (tertiary/aromatic N) is 1. The van der Waals surface area contributed by atoms with Crippen LogP contribution in [0.5, 0.6) is 0 Å². The molecule has 3 nitrogen and oxygen atoms in total. The van der Waals surface area contributed by atoms with Crippen molar-refractivity contribution in [1.82, 2.24) is 4.90 Å². The summed E-state index contributed by atoms with van der Waals surface area (Å²) in [5, 5.41) is 0. The van der Waals surface area contributed by atoms with Crippen LogP contribution in [0.4, 0.5) is 0 Å². The SMILES string of the molecule is C=CCN1C(C)(C)CC(O[SiH2]OC(C)c2ccccc2C)CC1(C)C. The van der Waals surface area contributed by atoms with Crippen molar-refractivity contribution in [1.29, 1.82) is 0 Å². The number of piperidine rings is 1. The summed E-state index contributed by atoms with van der Waals surface area (Å²) in [7, 11) is -1.01. The van der Waals surface area contributed by atoms with E-state index in [-0.39, 0.29) is 23.3 Å². The van der Waals surface area contributed by atoms with Gasteiger partial charge in [-0.25, -0.2) is 0 Å². The lowest BCUT2D eigenvalue weighted by Crippen LogP contribution is -2.62.